The van der Waals surface area contributed by atoms with Gasteiger partial charge < -0.3 is 39.6 Å². The summed E-state index contributed by atoms with van der Waals surface area (Å²) in [5.74, 6) is -4.56. The van der Waals surface area contributed by atoms with E-state index < -0.39 is 23.9 Å². The van der Waals surface area contributed by atoms with Gasteiger partial charge in [0.15, 0.2) is 0 Å². The molecule has 0 aliphatic rings. The maximum Gasteiger partial charge on any atom is 4.00 e. The van der Waals surface area contributed by atoms with Crippen molar-refractivity contribution in [3.63, 3.8) is 0 Å². The normalized spacial score (nSPS) is 8.76. The van der Waals surface area contributed by atoms with Crippen LogP contribution in [0.15, 0.2) is 0 Å². The third kappa shape index (κ3) is 32.6. The summed E-state index contributed by atoms with van der Waals surface area (Å²) in [6, 6.07) is 0. The van der Waals surface area contributed by atoms with E-state index >= 15 is 0 Å². The van der Waals surface area contributed by atoms with Gasteiger partial charge in [0, 0.05) is 23.9 Å². The zero-order chi connectivity index (χ0) is 16.0. The second-order valence-corrected chi connectivity index (χ2v) is 3.90. The molecule has 0 amide bonds. The molecule has 0 spiro atoms. The molecule has 0 saturated heterocycles. The van der Waals surface area contributed by atoms with Gasteiger partial charge in [0.05, 0.1) is 0 Å². The minimum atomic E-state index is -1.14. The largest absolute Gasteiger partial charge is 4.00 e. The first-order chi connectivity index (χ1) is 9.25. The molecule has 0 radical (unpaired) electrons. The summed E-state index contributed by atoms with van der Waals surface area (Å²) in [6.45, 7) is 0. The molecule has 0 aromatic heterocycles. The predicted molar refractivity (Wildman–Crippen MR) is 57.0 cm³/mol. The molecule has 9 heteroatoms. The van der Waals surface area contributed by atoms with Gasteiger partial charge >= 0.3 is 39.9 Å². The predicted octanol–water partition coefficient (Wildman–Crippen LogP) is -3.91. The van der Waals surface area contributed by atoms with Crippen molar-refractivity contribution >= 4 is 23.9 Å². The average molecular weight is 520 g/mol. The van der Waals surface area contributed by atoms with Crippen molar-refractivity contribution in [3.05, 3.63) is 0 Å². The number of carboxylic acid groups (broad SMARTS) is 4. The molecule has 0 aliphatic carbocycles. The van der Waals surface area contributed by atoms with Crippen LogP contribution in [0, 0.1) is 39.9 Å². The van der Waals surface area contributed by atoms with Crippen molar-refractivity contribution in [2.75, 3.05) is 0 Å². The fraction of sp³-hybridized carbons (Fsp3) is 0.667. The average Bonchev–Trinajstić information content (AvgIpc) is 2.30. The first kappa shape index (κ1) is 25.2. The van der Waals surface area contributed by atoms with Gasteiger partial charge in [0.1, 0.15) is 0 Å². The quantitative estimate of drug-likeness (QED) is 0.264. The number of hydrogen-bond acceptors (Lipinski definition) is 8. The standard InChI is InChI=1S/2C6H10O4.Th/c2*7-5(8)3-1-2-4-6(9)10;/h2*1-4H2,(H,7,8)(H,9,10);/q;;+4/p-4. The van der Waals surface area contributed by atoms with E-state index in [9.17, 15) is 39.6 Å². The smallest absolute Gasteiger partial charge is 0.550 e. The van der Waals surface area contributed by atoms with Crippen LogP contribution < -0.4 is 20.4 Å². The molecule has 0 fully saturated rings. The van der Waals surface area contributed by atoms with E-state index in [1.165, 1.54) is 0 Å². The van der Waals surface area contributed by atoms with E-state index in [-0.39, 0.29) is 65.6 Å². The van der Waals surface area contributed by atoms with E-state index in [1.54, 1.807) is 0 Å². The Morgan fingerprint density at radius 2 is 0.619 bits per heavy atom. The minimum absolute atomic E-state index is 0. The Balaban J connectivity index is -0.000000295. The SMILES string of the molecule is O=C([O-])CCCCC(=O)[O-].O=C([O-])CCCCC(=O)[O-].[Th+4]. The molecule has 0 heterocycles. The van der Waals surface area contributed by atoms with Crippen molar-refractivity contribution in [2.24, 2.45) is 0 Å². The minimum Gasteiger partial charge on any atom is -0.550 e. The van der Waals surface area contributed by atoms with Crippen molar-refractivity contribution in [2.45, 2.75) is 51.4 Å². The number of carbonyl (C=O) groups is 4. The number of carbonyl (C=O) groups excluding carboxylic acids is 4. The summed E-state index contributed by atoms with van der Waals surface area (Å²) in [5.41, 5.74) is 0. The second kappa shape index (κ2) is 17.3. The molecule has 0 aromatic carbocycles. The van der Waals surface area contributed by atoms with Gasteiger partial charge in [0.25, 0.3) is 0 Å². The zero-order valence-corrected chi connectivity index (χ0v) is 15.5. The third-order valence-corrected chi connectivity index (χ3v) is 2.02. The van der Waals surface area contributed by atoms with Crippen molar-refractivity contribution in [1.29, 1.82) is 0 Å². The molecular formula is C12H16O8Th. The first-order valence-corrected chi connectivity index (χ1v) is 6.05. The monoisotopic (exact) mass is 520 g/mol. The van der Waals surface area contributed by atoms with Gasteiger partial charge in [-0.05, 0) is 51.4 Å². The number of carboxylic acids is 4. The third-order valence-electron chi connectivity index (χ3n) is 2.02. The maximum absolute atomic E-state index is 9.77. The molecule has 0 aromatic rings. The first-order valence-electron chi connectivity index (χ1n) is 6.05. The molecule has 0 atom stereocenters. The van der Waals surface area contributed by atoms with E-state index in [0.717, 1.165) is 0 Å². The Labute approximate surface area is 154 Å². The van der Waals surface area contributed by atoms with Gasteiger partial charge in [-0.15, -0.1) is 0 Å². The molecule has 116 valence electrons. The molecule has 0 unspecified atom stereocenters. The van der Waals surface area contributed by atoms with E-state index in [2.05, 4.69) is 0 Å². The van der Waals surface area contributed by atoms with E-state index in [1.807, 2.05) is 0 Å². The summed E-state index contributed by atoms with van der Waals surface area (Å²) >= 11 is 0. The maximum atomic E-state index is 9.77. The molecular weight excluding hydrogens is 504 g/mol. The fourth-order valence-corrected chi connectivity index (χ4v) is 1.08. The molecule has 21 heavy (non-hydrogen) atoms. The van der Waals surface area contributed by atoms with Crippen LogP contribution in [0.4, 0.5) is 0 Å². The molecule has 0 aliphatic heterocycles. The van der Waals surface area contributed by atoms with E-state index in [4.69, 9.17) is 0 Å². The van der Waals surface area contributed by atoms with Crippen molar-refractivity contribution in [3.8, 4) is 0 Å². The summed E-state index contributed by atoms with van der Waals surface area (Å²) < 4.78 is 0. The van der Waals surface area contributed by atoms with Crippen molar-refractivity contribution in [1.82, 2.24) is 0 Å². The van der Waals surface area contributed by atoms with Crippen molar-refractivity contribution < 1.29 is 79.5 Å². The van der Waals surface area contributed by atoms with Gasteiger partial charge in [-0.1, -0.05) is 0 Å². The van der Waals surface area contributed by atoms with Crippen LogP contribution in [-0.2, 0) is 19.2 Å². The second-order valence-electron chi connectivity index (χ2n) is 3.90. The summed E-state index contributed by atoms with van der Waals surface area (Å²) in [7, 11) is 0. The van der Waals surface area contributed by atoms with Crippen LogP contribution in [0.5, 0.6) is 0 Å². The molecule has 0 saturated carbocycles. The zero-order valence-electron chi connectivity index (χ0n) is 11.4. The van der Waals surface area contributed by atoms with E-state index in [0.29, 0.717) is 25.7 Å². The van der Waals surface area contributed by atoms with Crippen LogP contribution in [0.2, 0.25) is 0 Å². The Hall–Kier alpha value is -0.795. The summed E-state index contributed by atoms with van der Waals surface area (Å²) in [6.07, 6.45) is 1.07. The van der Waals surface area contributed by atoms with Crippen LogP contribution in [-0.4, -0.2) is 23.9 Å². The summed E-state index contributed by atoms with van der Waals surface area (Å²) in [4.78, 5) is 39.1. The Kier molecular flexibility index (Phi) is 20.7. The number of unbranched alkanes of at least 4 members (excludes halogenated alkanes) is 2. The van der Waals surface area contributed by atoms with Gasteiger partial charge in [0.2, 0.25) is 0 Å². The van der Waals surface area contributed by atoms with Crippen LogP contribution >= 0.6 is 0 Å². The summed E-state index contributed by atoms with van der Waals surface area (Å²) in [5, 5.41) is 39.1. The number of hydrogen-bond donors (Lipinski definition) is 0. The van der Waals surface area contributed by atoms with Gasteiger partial charge in [-0.25, -0.2) is 0 Å². The van der Waals surface area contributed by atoms with Gasteiger partial charge in [-0.2, -0.15) is 0 Å². The number of rotatable bonds is 10. The Bertz CT molecular complexity index is 265. The van der Waals surface area contributed by atoms with Gasteiger partial charge in [-0.3, -0.25) is 0 Å². The molecule has 0 rings (SSSR count). The number of aliphatic carboxylic acids is 4. The molecule has 8 nitrogen and oxygen atoms in total. The van der Waals surface area contributed by atoms with Crippen LogP contribution in [0.25, 0.3) is 0 Å². The topological polar surface area (TPSA) is 161 Å². The van der Waals surface area contributed by atoms with Crippen LogP contribution in [0.3, 0.4) is 0 Å². The molecule has 0 N–H and O–H groups in total. The Morgan fingerprint density at radius 3 is 0.714 bits per heavy atom. The molecule has 0 bridgehead atoms. The Morgan fingerprint density at radius 1 is 0.476 bits per heavy atom. The van der Waals surface area contributed by atoms with Crippen LogP contribution in [0.1, 0.15) is 51.4 Å². The fourth-order valence-electron chi connectivity index (χ4n) is 1.08.